The minimum Gasteiger partial charge on any atom is -0.493 e. The van der Waals surface area contributed by atoms with Gasteiger partial charge in [0.1, 0.15) is 18.8 Å². The highest BCUT2D eigenvalue weighted by atomic mass is 35.5. The van der Waals surface area contributed by atoms with Gasteiger partial charge in [-0.3, -0.25) is 14.9 Å². The van der Waals surface area contributed by atoms with Gasteiger partial charge in [0.2, 0.25) is 0 Å². The van der Waals surface area contributed by atoms with Gasteiger partial charge in [0, 0.05) is 12.6 Å². The van der Waals surface area contributed by atoms with Gasteiger partial charge >= 0.3 is 0 Å². The largest absolute Gasteiger partial charge is 0.493 e. The van der Waals surface area contributed by atoms with E-state index in [-0.39, 0.29) is 29.3 Å². The molecule has 0 atom stereocenters. The van der Waals surface area contributed by atoms with Crippen LogP contribution in [-0.4, -0.2) is 44.3 Å². The number of halogens is 1. The van der Waals surface area contributed by atoms with Crippen molar-refractivity contribution < 1.29 is 28.7 Å². The first kappa shape index (κ1) is 21.5. The van der Waals surface area contributed by atoms with Crippen LogP contribution in [0.1, 0.15) is 22.8 Å². The third-order valence-electron chi connectivity index (χ3n) is 4.38. The topological polar surface area (TPSA) is 109 Å². The molecular weight excluding hydrogens is 416 g/mol. The number of nitro groups is 1. The van der Waals surface area contributed by atoms with Gasteiger partial charge < -0.3 is 24.3 Å². The lowest BCUT2D eigenvalue weighted by atomic mass is 10.1. The van der Waals surface area contributed by atoms with Gasteiger partial charge in [-0.25, -0.2) is 0 Å². The minimum absolute atomic E-state index is 0.107. The van der Waals surface area contributed by atoms with E-state index in [1.54, 1.807) is 19.1 Å². The number of fused-ring (bicyclic) bond motifs is 1. The molecule has 10 heteroatoms. The van der Waals surface area contributed by atoms with Crippen LogP contribution in [0.25, 0.3) is 0 Å². The molecule has 1 aliphatic rings. The molecule has 2 aromatic rings. The molecule has 9 nitrogen and oxygen atoms in total. The zero-order valence-corrected chi connectivity index (χ0v) is 17.3. The number of rotatable bonds is 8. The van der Waals surface area contributed by atoms with Crippen LogP contribution in [0.4, 0.5) is 5.69 Å². The van der Waals surface area contributed by atoms with E-state index in [2.05, 4.69) is 5.32 Å². The van der Waals surface area contributed by atoms with Gasteiger partial charge in [0.15, 0.2) is 23.0 Å². The summed E-state index contributed by atoms with van der Waals surface area (Å²) < 4.78 is 21.6. The van der Waals surface area contributed by atoms with Gasteiger partial charge in [0.05, 0.1) is 29.7 Å². The second-order valence-corrected chi connectivity index (χ2v) is 6.73. The van der Waals surface area contributed by atoms with Crippen LogP contribution >= 0.6 is 11.6 Å². The Balaban J connectivity index is 1.74. The second-order valence-electron chi connectivity index (χ2n) is 6.32. The first-order chi connectivity index (χ1) is 14.4. The lowest BCUT2D eigenvalue weighted by Gasteiger charge is -2.20. The first-order valence-corrected chi connectivity index (χ1v) is 9.67. The summed E-state index contributed by atoms with van der Waals surface area (Å²) in [6.45, 7) is 3.19. The zero-order valence-electron chi connectivity index (χ0n) is 16.5. The number of carbonyl (C=O) groups excluding carboxylic acids is 1. The second kappa shape index (κ2) is 9.53. The molecule has 0 saturated carbocycles. The molecule has 160 valence electrons. The highest BCUT2D eigenvalue weighted by Gasteiger charge is 2.24. The van der Waals surface area contributed by atoms with Crippen LogP contribution in [0.2, 0.25) is 5.02 Å². The van der Waals surface area contributed by atoms with Gasteiger partial charge in [-0.1, -0.05) is 11.6 Å². The molecular formula is C20H21ClN2O7. The first-order valence-electron chi connectivity index (χ1n) is 9.30. The number of amides is 1. The van der Waals surface area contributed by atoms with E-state index in [9.17, 15) is 14.9 Å². The van der Waals surface area contributed by atoms with Crippen molar-refractivity contribution in [2.45, 2.75) is 13.3 Å². The third-order valence-corrected chi connectivity index (χ3v) is 4.66. The summed E-state index contributed by atoms with van der Waals surface area (Å²) in [5, 5.41) is 14.5. The molecule has 0 fully saturated rings. The van der Waals surface area contributed by atoms with E-state index < -0.39 is 10.8 Å². The Bertz CT molecular complexity index is 965. The number of carbonyl (C=O) groups is 1. The van der Waals surface area contributed by atoms with Crippen molar-refractivity contribution in [2.24, 2.45) is 0 Å². The maximum atomic E-state index is 12.6. The van der Waals surface area contributed by atoms with Crippen molar-refractivity contribution >= 4 is 23.2 Å². The van der Waals surface area contributed by atoms with Gasteiger partial charge in [-0.15, -0.1) is 0 Å². The van der Waals surface area contributed by atoms with E-state index >= 15 is 0 Å². The molecule has 1 N–H and O–H groups in total. The summed E-state index contributed by atoms with van der Waals surface area (Å²) >= 11 is 6.22. The Morgan fingerprint density at radius 3 is 2.70 bits per heavy atom. The molecule has 1 amide bonds. The highest BCUT2D eigenvalue weighted by Crippen LogP contribution is 2.38. The number of nitrogens with one attached hydrogen (secondary N) is 1. The molecule has 1 heterocycles. The molecule has 0 aromatic heterocycles. The van der Waals surface area contributed by atoms with E-state index in [0.29, 0.717) is 42.8 Å². The minimum atomic E-state index is -0.631. The molecule has 0 radical (unpaired) electrons. The molecule has 1 aliphatic heterocycles. The summed E-state index contributed by atoms with van der Waals surface area (Å²) in [4.78, 5) is 23.4. The van der Waals surface area contributed by atoms with Crippen molar-refractivity contribution in [2.75, 3.05) is 33.5 Å². The molecule has 30 heavy (non-hydrogen) atoms. The predicted molar refractivity (Wildman–Crippen MR) is 109 cm³/mol. The number of nitrogens with zero attached hydrogens (tertiary/aromatic N) is 1. The number of ether oxygens (including phenoxy) is 4. The molecule has 2 aromatic carbocycles. The van der Waals surface area contributed by atoms with Gasteiger partial charge in [-0.2, -0.15) is 0 Å². The van der Waals surface area contributed by atoms with Crippen LogP contribution in [0.15, 0.2) is 24.3 Å². The third kappa shape index (κ3) is 4.68. The van der Waals surface area contributed by atoms with E-state index in [1.807, 2.05) is 0 Å². The lowest BCUT2D eigenvalue weighted by molar-refractivity contribution is -0.385. The fraction of sp³-hybridized carbons (Fsp3) is 0.350. The highest BCUT2D eigenvalue weighted by molar-refractivity contribution is 6.32. The summed E-state index contributed by atoms with van der Waals surface area (Å²) in [7, 11) is 1.37. The summed E-state index contributed by atoms with van der Waals surface area (Å²) in [6.07, 6.45) is 0.449. The van der Waals surface area contributed by atoms with Crippen molar-refractivity contribution in [3.8, 4) is 23.0 Å². The summed E-state index contributed by atoms with van der Waals surface area (Å²) in [6, 6.07) is 6.04. The standard InChI is InChI=1S/C20H21ClN2O7/c1-3-28-17-10-13(15(23(25)26)11-16(17)27-2)20(24)22-5-4-12-8-14(21)19-18(9-12)29-6-7-30-19/h8-11H,3-7H2,1-2H3,(H,22,24). The smallest absolute Gasteiger partial charge is 0.286 e. The fourth-order valence-corrected chi connectivity index (χ4v) is 3.32. The van der Waals surface area contributed by atoms with Crippen molar-refractivity contribution in [1.82, 2.24) is 5.32 Å². The van der Waals surface area contributed by atoms with Gasteiger partial charge in [0.25, 0.3) is 11.6 Å². The number of hydrogen-bond acceptors (Lipinski definition) is 7. The number of hydrogen-bond donors (Lipinski definition) is 1. The Labute approximate surface area is 178 Å². The van der Waals surface area contributed by atoms with Crippen LogP contribution in [-0.2, 0) is 6.42 Å². The quantitative estimate of drug-likeness (QED) is 0.498. The monoisotopic (exact) mass is 436 g/mol. The SMILES string of the molecule is CCOc1cc(C(=O)NCCc2cc(Cl)c3c(c2)OCCO3)c([N+](=O)[O-])cc1OC. The van der Waals surface area contributed by atoms with E-state index in [4.69, 9.17) is 30.5 Å². The molecule has 0 spiro atoms. The summed E-state index contributed by atoms with van der Waals surface area (Å²) in [5.41, 5.74) is 0.364. The Morgan fingerprint density at radius 2 is 2.00 bits per heavy atom. The number of nitro benzene ring substituents is 1. The van der Waals surface area contributed by atoms with Crippen molar-refractivity contribution in [3.63, 3.8) is 0 Å². The molecule has 0 saturated heterocycles. The molecule has 0 unspecified atom stereocenters. The van der Waals surface area contributed by atoms with Crippen LogP contribution < -0.4 is 24.3 Å². The van der Waals surface area contributed by atoms with E-state index in [1.165, 1.54) is 19.2 Å². The average Bonchev–Trinajstić information content (AvgIpc) is 2.73. The maximum absolute atomic E-state index is 12.6. The number of benzene rings is 2. The normalized spacial score (nSPS) is 12.2. The Hall–Kier alpha value is -3.20. The van der Waals surface area contributed by atoms with Crippen molar-refractivity contribution in [1.29, 1.82) is 0 Å². The van der Waals surface area contributed by atoms with E-state index in [0.717, 1.165) is 5.56 Å². The zero-order chi connectivity index (χ0) is 21.7. The maximum Gasteiger partial charge on any atom is 0.286 e. The van der Waals surface area contributed by atoms with Crippen molar-refractivity contribution in [3.05, 3.63) is 50.5 Å². The lowest BCUT2D eigenvalue weighted by Crippen LogP contribution is -2.26. The Kier molecular flexibility index (Phi) is 6.83. The van der Waals surface area contributed by atoms with Crippen LogP contribution in [0.5, 0.6) is 23.0 Å². The fourth-order valence-electron chi connectivity index (χ4n) is 3.03. The average molecular weight is 437 g/mol. The Morgan fingerprint density at radius 1 is 1.23 bits per heavy atom. The molecule has 3 rings (SSSR count). The van der Waals surface area contributed by atoms with Crippen LogP contribution in [0.3, 0.4) is 0 Å². The summed E-state index contributed by atoms with van der Waals surface area (Å²) in [5.74, 6) is 0.921. The van der Waals surface area contributed by atoms with Crippen LogP contribution in [0, 0.1) is 10.1 Å². The van der Waals surface area contributed by atoms with Gasteiger partial charge in [-0.05, 0) is 31.0 Å². The number of methoxy groups -OCH3 is 1. The molecule has 0 aliphatic carbocycles. The molecule has 0 bridgehead atoms. The predicted octanol–water partition coefficient (Wildman–Crippen LogP) is 3.40.